The Morgan fingerprint density at radius 3 is 1.90 bits per heavy atom. The highest BCUT2D eigenvalue weighted by molar-refractivity contribution is 7.93. The Kier molecular flexibility index (Phi) is 8.08. The van der Waals surface area contributed by atoms with Gasteiger partial charge in [0.25, 0.3) is 20.0 Å². The second-order valence-electron chi connectivity index (χ2n) is 9.16. The fourth-order valence-corrected chi connectivity index (χ4v) is 6.54. The molecule has 4 aromatic carbocycles. The van der Waals surface area contributed by atoms with Gasteiger partial charge in [0.05, 0.1) is 15.5 Å². The van der Waals surface area contributed by atoms with Crippen LogP contribution in [-0.2, 0) is 24.8 Å². The van der Waals surface area contributed by atoms with E-state index in [1.807, 2.05) is 19.9 Å². The van der Waals surface area contributed by atoms with Crippen LogP contribution in [0.5, 0.6) is 0 Å². The number of aryl methyl sites for hydroxylation is 3. The second-order valence-corrected chi connectivity index (χ2v) is 12.7. The predicted octanol–water partition coefficient (Wildman–Crippen LogP) is 5.25. The van der Waals surface area contributed by atoms with Gasteiger partial charge in [0.1, 0.15) is 6.54 Å². The summed E-state index contributed by atoms with van der Waals surface area (Å²) >= 11 is 0. The minimum atomic E-state index is -4.06. The van der Waals surface area contributed by atoms with E-state index in [1.165, 1.54) is 36.4 Å². The summed E-state index contributed by atoms with van der Waals surface area (Å²) < 4.78 is 56.3. The van der Waals surface area contributed by atoms with Crippen LogP contribution >= 0.6 is 0 Å². The standard InChI is InChI=1S/C29H29N3O5S2/c1-21-9-14-27(15-10-21)39(36,37)32(28-18-11-22(2)19-23(28)3)20-29(33)30-24-12-16-26(17-13-24)38(34,35)31-25-7-5-4-6-8-25/h4-19,31H,20H2,1-3H3,(H,30,33). The topological polar surface area (TPSA) is 113 Å². The lowest BCUT2D eigenvalue weighted by atomic mass is 10.1. The van der Waals surface area contributed by atoms with Crippen LogP contribution in [0, 0.1) is 20.8 Å². The third-order valence-corrected chi connectivity index (χ3v) is 9.16. The van der Waals surface area contributed by atoms with Gasteiger partial charge >= 0.3 is 0 Å². The van der Waals surface area contributed by atoms with E-state index in [0.29, 0.717) is 22.6 Å². The molecule has 0 heterocycles. The number of nitrogens with one attached hydrogen (secondary N) is 2. The summed E-state index contributed by atoms with van der Waals surface area (Å²) in [6.07, 6.45) is 0. The molecule has 0 fully saturated rings. The maximum atomic E-state index is 13.6. The van der Waals surface area contributed by atoms with Gasteiger partial charge < -0.3 is 5.32 Å². The highest BCUT2D eigenvalue weighted by atomic mass is 32.2. The number of hydrogen-bond donors (Lipinski definition) is 2. The van der Waals surface area contributed by atoms with Gasteiger partial charge in [0, 0.05) is 11.4 Å². The Morgan fingerprint density at radius 1 is 0.692 bits per heavy atom. The zero-order valence-electron chi connectivity index (χ0n) is 21.7. The van der Waals surface area contributed by atoms with E-state index in [9.17, 15) is 21.6 Å². The van der Waals surface area contributed by atoms with Gasteiger partial charge in [-0.3, -0.25) is 13.8 Å². The third-order valence-electron chi connectivity index (χ3n) is 5.99. The number of benzene rings is 4. The van der Waals surface area contributed by atoms with Crippen molar-refractivity contribution in [2.24, 2.45) is 0 Å². The van der Waals surface area contributed by atoms with E-state index < -0.39 is 32.5 Å². The quantitative estimate of drug-likeness (QED) is 0.289. The number of rotatable bonds is 9. The molecule has 4 rings (SSSR count). The van der Waals surface area contributed by atoms with Crippen molar-refractivity contribution < 1.29 is 21.6 Å². The molecule has 0 aliphatic rings. The van der Waals surface area contributed by atoms with Gasteiger partial charge in [0.2, 0.25) is 5.91 Å². The summed E-state index contributed by atoms with van der Waals surface area (Å²) in [5, 5.41) is 2.67. The number of hydrogen-bond acceptors (Lipinski definition) is 5. The molecule has 0 saturated heterocycles. The molecular weight excluding hydrogens is 534 g/mol. The van der Waals surface area contributed by atoms with Crippen LogP contribution in [0.3, 0.4) is 0 Å². The van der Waals surface area contributed by atoms with E-state index in [1.54, 1.807) is 61.5 Å². The molecule has 10 heteroatoms. The maximum absolute atomic E-state index is 13.6. The molecule has 0 unspecified atom stereocenters. The maximum Gasteiger partial charge on any atom is 0.264 e. The summed E-state index contributed by atoms with van der Waals surface area (Å²) in [7, 11) is -7.89. The zero-order valence-corrected chi connectivity index (χ0v) is 23.4. The molecule has 202 valence electrons. The van der Waals surface area contributed by atoms with Crippen molar-refractivity contribution >= 4 is 43.0 Å². The fraction of sp³-hybridized carbons (Fsp3) is 0.138. The Bertz CT molecular complexity index is 1690. The first-order valence-corrected chi connectivity index (χ1v) is 15.0. The summed E-state index contributed by atoms with van der Waals surface area (Å²) in [4.78, 5) is 13.2. The van der Waals surface area contributed by atoms with Gasteiger partial charge in [-0.25, -0.2) is 16.8 Å². The molecule has 8 nitrogen and oxygen atoms in total. The number of amides is 1. The van der Waals surface area contributed by atoms with Crippen LogP contribution in [0.25, 0.3) is 0 Å². The molecule has 0 aliphatic carbocycles. The summed E-state index contributed by atoms with van der Waals surface area (Å²) in [6, 6.07) is 25.9. The van der Waals surface area contributed by atoms with Crippen molar-refractivity contribution in [3.8, 4) is 0 Å². The first kappa shape index (κ1) is 27.9. The highest BCUT2D eigenvalue weighted by Gasteiger charge is 2.28. The summed E-state index contributed by atoms with van der Waals surface area (Å²) in [6.45, 7) is 5.08. The number of carbonyl (C=O) groups excluding carboxylic acids is 1. The number of carbonyl (C=O) groups is 1. The minimum Gasteiger partial charge on any atom is -0.325 e. The minimum absolute atomic E-state index is 0.0169. The van der Waals surface area contributed by atoms with Crippen molar-refractivity contribution in [2.75, 3.05) is 20.9 Å². The van der Waals surface area contributed by atoms with Crippen LogP contribution in [0.4, 0.5) is 17.1 Å². The predicted molar refractivity (Wildman–Crippen MR) is 154 cm³/mol. The van der Waals surface area contributed by atoms with Gasteiger partial charge in [-0.05, 0) is 80.9 Å². The zero-order chi connectivity index (χ0) is 28.2. The molecule has 0 radical (unpaired) electrons. The molecule has 0 aromatic heterocycles. The van der Waals surface area contributed by atoms with Crippen LogP contribution in [-0.4, -0.2) is 29.3 Å². The van der Waals surface area contributed by atoms with E-state index in [2.05, 4.69) is 10.0 Å². The van der Waals surface area contributed by atoms with E-state index in [-0.39, 0.29) is 9.79 Å². The van der Waals surface area contributed by atoms with Crippen molar-refractivity contribution in [3.63, 3.8) is 0 Å². The van der Waals surface area contributed by atoms with Crippen LogP contribution in [0.2, 0.25) is 0 Å². The molecule has 0 bridgehead atoms. The molecule has 39 heavy (non-hydrogen) atoms. The average Bonchev–Trinajstić information content (AvgIpc) is 2.88. The third kappa shape index (κ3) is 6.65. The summed E-state index contributed by atoms with van der Waals surface area (Å²) in [5.41, 5.74) is 3.73. The molecule has 0 atom stereocenters. The van der Waals surface area contributed by atoms with Crippen LogP contribution in [0.15, 0.2) is 107 Å². The molecule has 0 aliphatic heterocycles. The first-order valence-electron chi connectivity index (χ1n) is 12.1. The largest absolute Gasteiger partial charge is 0.325 e. The lowest BCUT2D eigenvalue weighted by Gasteiger charge is -2.26. The lowest BCUT2D eigenvalue weighted by Crippen LogP contribution is -2.38. The van der Waals surface area contributed by atoms with E-state index >= 15 is 0 Å². The number of sulfonamides is 2. The average molecular weight is 564 g/mol. The number of nitrogens with zero attached hydrogens (tertiary/aromatic N) is 1. The highest BCUT2D eigenvalue weighted by Crippen LogP contribution is 2.28. The van der Waals surface area contributed by atoms with Gasteiger partial charge in [0.15, 0.2) is 0 Å². The van der Waals surface area contributed by atoms with Crippen LogP contribution < -0.4 is 14.3 Å². The van der Waals surface area contributed by atoms with E-state index in [4.69, 9.17) is 0 Å². The van der Waals surface area contributed by atoms with Crippen molar-refractivity contribution in [1.82, 2.24) is 0 Å². The lowest BCUT2D eigenvalue weighted by molar-refractivity contribution is -0.114. The molecule has 4 aromatic rings. The van der Waals surface area contributed by atoms with Gasteiger partial charge in [-0.1, -0.05) is 53.6 Å². The van der Waals surface area contributed by atoms with E-state index in [0.717, 1.165) is 15.4 Å². The second kappa shape index (κ2) is 11.3. The fourth-order valence-electron chi connectivity index (χ4n) is 3.99. The smallest absolute Gasteiger partial charge is 0.264 e. The van der Waals surface area contributed by atoms with Gasteiger partial charge in [-0.15, -0.1) is 0 Å². The molecule has 2 N–H and O–H groups in total. The Hall–Kier alpha value is -4.15. The Balaban J connectivity index is 1.56. The Morgan fingerprint density at radius 2 is 1.28 bits per heavy atom. The first-order chi connectivity index (χ1) is 18.5. The van der Waals surface area contributed by atoms with Gasteiger partial charge in [-0.2, -0.15) is 0 Å². The van der Waals surface area contributed by atoms with Crippen LogP contribution in [0.1, 0.15) is 16.7 Å². The number of anilines is 3. The monoisotopic (exact) mass is 563 g/mol. The molecular formula is C29H29N3O5S2. The van der Waals surface area contributed by atoms with Crippen molar-refractivity contribution in [1.29, 1.82) is 0 Å². The number of para-hydroxylation sites is 1. The Labute approximate surface area is 229 Å². The SMILES string of the molecule is Cc1ccc(S(=O)(=O)N(CC(=O)Nc2ccc(S(=O)(=O)Nc3ccccc3)cc2)c2ccc(C)cc2C)cc1. The summed E-state index contributed by atoms with van der Waals surface area (Å²) in [5.74, 6) is -0.580. The molecule has 0 spiro atoms. The molecule has 0 saturated carbocycles. The van der Waals surface area contributed by atoms with Crippen molar-refractivity contribution in [2.45, 2.75) is 30.6 Å². The normalized spacial score (nSPS) is 11.6. The molecule has 1 amide bonds. The van der Waals surface area contributed by atoms with Crippen molar-refractivity contribution in [3.05, 3.63) is 114 Å².